The van der Waals surface area contributed by atoms with Crippen LogP contribution in [0.5, 0.6) is 0 Å². The minimum absolute atomic E-state index is 0.595. The zero-order chi connectivity index (χ0) is 14.5. The van der Waals surface area contributed by atoms with E-state index in [0.717, 1.165) is 0 Å². The molecule has 0 amide bonds. The first-order chi connectivity index (χ1) is 9.88. The van der Waals surface area contributed by atoms with E-state index in [9.17, 15) is 0 Å². The van der Waals surface area contributed by atoms with Crippen LogP contribution in [-0.2, 0) is 0 Å². The third-order valence-electron chi connectivity index (χ3n) is 4.62. The molecule has 0 aliphatic carbocycles. The van der Waals surface area contributed by atoms with Crippen LogP contribution in [0.15, 0.2) is 0 Å². The van der Waals surface area contributed by atoms with E-state index < -0.39 is 0 Å². The van der Waals surface area contributed by atoms with Gasteiger partial charge in [-0.15, -0.1) is 0 Å². The maximum absolute atomic E-state index is 5.16. The second-order valence-electron chi connectivity index (χ2n) is 6.42. The number of hydrogen-bond acceptors (Lipinski definition) is 2. The van der Waals surface area contributed by atoms with Crippen molar-refractivity contribution in [3.8, 4) is 0 Å². The number of hydrogen-bond donors (Lipinski definition) is 0. The van der Waals surface area contributed by atoms with E-state index >= 15 is 0 Å². The van der Waals surface area contributed by atoms with Crippen molar-refractivity contribution >= 4 is 17.6 Å². The average molecular weight is 298 g/mol. The first-order valence-electron chi connectivity index (χ1n) is 9.08. The lowest BCUT2D eigenvalue weighted by Crippen LogP contribution is -2.40. The molecule has 0 spiro atoms. The second-order valence-corrected chi connectivity index (χ2v) is 6.69. The molecular weight excluding hydrogens is 262 g/mol. The van der Waals surface area contributed by atoms with Gasteiger partial charge in [0.05, 0.1) is 0 Å². The Kier molecular flexibility index (Phi) is 11.6. The van der Waals surface area contributed by atoms with E-state index in [4.69, 9.17) is 12.2 Å². The van der Waals surface area contributed by atoms with Gasteiger partial charge in [0.1, 0.15) is 0 Å². The molecule has 1 nitrogen and oxygen atoms in total. The molecule has 20 heavy (non-hydrogen) atoms. The van der Waals surface area contributed by atoms with Gasteiger partial charge >= 0.3 is 0 Å². The van der Waals surface area contributed by atoms with Gasteiger partial charge in [-0.1, -0.05) is 83.3 Å². The lowest BCUT2D eigenvalue weighted by molar-refractivity contribution is 0.192. The Hall–Kier alpha value is 0.0500. The molecule has 0 saturated carbocycles. The summed E-state index contributed by atoms with van der Waals surface area (Å²) in [5.74, 6) is 0. The fraction of sp³-hybridized carbons (Fsp3) is 0.944. The van der Waals surface area contributed by atoms with Gasteiger partial charge in [0.2, 0.25) is 0 Å². The summed E-state index contributed by atoms with van der Waals surface area (Å²) in [6.45, 7) is 4.83. The monoisotopic (exact) mass is 297 g/mol. The van der Waals surface area contributed by atoms with Crippen LogP contribution in [0.1, 0.15) is 90.4 Å². The third kappa shape index (κ3) is 8.36. The molecule has 0 aromatic heterocycles. The van der Waals surface area contributed by atoms with Gasteiger partial charge in [0, 0.05) is 6.04 Å². The van der Waals surface area contributed by atoms with E-state index in [1.807, 2.05) is 5.37 Å². The number of rotatable bonds is 12. The molecule has 0 aromatic carbocycles. The van der Waals surface area contributed by atoms with Crippen LogP contribution < -0.4 is 0 Å². The molecule has 1 atom stereocenters. The summed E-state index contributed by atoms with van der Waals surface area (Å²) in [5.41, 5.74) is 0. The Morgan fingerprint density at radius 1 is 0.900 bits per heavy atom. The van der Waals surface area contributed by atoms with Crippen molar-refractivity contribution in [2.75, 3.05) is 13.1 Å². The van der Waals surface area contributed by atoms with E-state index in [1.54, 1.807) is 0 Å². The van der Waals surface area contributed by atoms with Crippen molar-refractivity contribution in [3.63, 3.8) is 0 Å². The van der Waals surface area contributed by atoms with Crippen molar-refractivity contribution < 1.29 is 0 Å². The minimum Gasteiger partial charge on any atom is -0.296 e. The molecule has 0 radical (unpaired) electrons. The van der Waals surface area contributed by atoms with Crippen LogP contribution >= 0.6 is 12.2 Å². The predicted molar refractivity (Wildman–Crippen MR) is 94.7 cm³/mol. The molecule has 0 aromatic rings. The predicted octanol–water partition coefficient (Wildman–Crippen LogP) is 5.76. The molecule has 1 rings (SSSR count). The van der Waals surface area contributed by atoms with Crippen LogP contribution in [0.2, 0.25) is 0 Å². The summed E-state index contributed by atoms with van der Waals surface area (Å²) in [6, 6.07) is 0.595. The lowest BCUT2D eigenvalue weighted by atomic mass is 10.0. The topological polar surface area (TPSA) is 3.24 Å². The molecule has 0 bridgehead atoms. The smallest absolute Gasteiger partial charge is 0.0381 e. The van der Waals surface area contributed by atoms with Gasteiger partial charge in [-0.25, -0.2) is 0 Å². The second kappa shape index (κ2) is 12.8. The van der Waals surface area contributed by atoms with Crippen LogP contribution in [0.25, 0.3) is 0 Å². The molecular formula is C18H35NS. The zero-order valence-electron chi connectivity index (χ0n) is 13.6. The molecule has 1 aliphatic heterocycles. The van der Waals surface area contributed by atoms with Gasteiger partial charge in [0.15, 0.2) is 0 Å². The normalized spacial score (nSPS) is 20.1. The Balaban J connectivity index is 1.87. The number of piperidine rings is 1. The van der Waals surface area contributed by atoms with Crippen LogP contribution in [0.3, 0.4) is 0 Å². The van der Waals surface area contributed by atoms with Crippen LogP contribution in [-0.4, -0.2) is 29.4 Å². The SMILES string of the molecule is CCCCCCCCCCCCN1CCCCC1C=S. The summed E-state index contributed by atoms with van der Waals surface area (Å²) in [7, 11) is 0. The van der Waals surface area contributed by atoms with Gasteiger partial charge in [-0.05, 0) is 37.7 Å². The Morgan fingerprint density at radius 3 is 2.10 bits per heavy atom. The summed E-state index contributed by atoms with van der Waals surface area (Å²) >= 11 is 5.16. The summed E-state index contributed by atoms with van der Waals surface area (Å²) in [5, 5.41) is 2.00. The van der Waals surface area contributed by atoms with Crippen molar-refractivity contribution in [2.45, 2.75) is 96.4 Å². The molecule has 1 unspecified atom stereocenters. The van der Waals surface area contributed by atoms with Crippen LogP contribution in [0.4, 0.5) is 0 Å². The molecule has 118 valence electrons. The highest BCUT2D eigenvalue weighted by atomic mass is 32.1. The molecule has 0 N–H and O–H groups in total. The van der Waals surface area contributed by atoms with Crippen molar-refractivity contribution in [1.29, 1.82) is 0 Å². The van der Waals surface area contributed by atoms with Crippen molar-refractivity contribution in [3.05, 3.63) is 0 Å². The van der Waals surface area contributed by atoms with E-state index in [-0.39, 0.29) is 0 Å². The number of likely N-dealkylation sites (tertiary alicyclic amines) is 1. The van der Waals surface area contributed by atoms with Crippen LogP contribution in [0, 0.1) is 0 Å². The standard InChI is InChI=1S/C18H35NS/c1-2-3-4-5-6-7-8-9-10-12-15-19-16-13-11-14-18(19)17-20/h17-18H,2-16H2,1H3. The Morgan fingerprint density at radius 2 is 1.50 bits per heavy atom. The number of unbranched alkanes of at least 4 members (excludes halogenated alkanes) is 9. The third-order valence-corrected chi connectivity index (χ3v) is 4.93. The first-order valence-corrected chi connectivity index (χ1v) is 9.55. The fourth-order valence-electron chi connectivity index (χ4n) is 3.25. The Labute approximate surface area is 132 Å². The minimum atomic E-state index is 0.595. The van der Waals surface area contributed by atoms with Gasteiger partial charge in [-0.2, -0.15) is 0 Å². The largest absolute Gasteiger partial charge is 0.296 e. The molecule has 2 heteroatoms. The summed E-state index contributed by atoms with van der Waals surface area (Å²) in [4.78, 5) is 2.61. The lowest BCUT2D eigenvalue weighted by Gasteiger charge is -2.33. The number of nitrogens with zero attached hydrogens (tertiary/aromatic N) is 1. The quantitative estimate of drug-likeness (QED) is 0.333. The molecule has 1 fully saturated rings. The van der Waals surface area contributed by atoms with Crippen molar-refractivity contribution in [1.82, 2.24) is 4.90 Å². The van der Waals surface area contributed by atoms with Gasteiger partial charge < -0.3 is 0 Å². The molecule has 1 saturated heterocycles. The van der Waals surface area contributed by atoms with E-state index in [2.05, 4.69) is 11.8 Å². The maximum atomic E-state index is 5.16. The zero-order valence-corrected chi connectivity index (χ0v) is 14.4. The maximum Gasteiger partial charge on any atom is 0.0381 e. The Bertz CT molecular complexity index is 229. The molecule has 1 heterocycles. The highest BCUT2D eigenvalue weighted by Crippen LogP contribution is 2.17. The van der Waals surface area contributed by atoms with Gasteiger partial charge in [-0.3, -0.25) is 4.90 Å². The van der Waals surface area contributed by atoms with Crippen molar-refractivity contribution in [2.24, 2.45) is 0 Å². The highest BCUT2D eigenvalue weighted by molar-refractivity contribution is 7.79. The van der Waals surface area contributed by atoms with E-state index in [1.165, 1.54) is 96.6 Å². The first kappa shape index (κ1) is 18.1. The number of thiocarbonyl (C=S) groups is 1. The van der Waals surface area contributed by atoms with Gasteiger partial charge in [0.25, 0.3) is 0 Å². The highest BCUT2D eigenvalue weighted by Gasteiger charge is 2.19. The fourth-order valence-corrected chi connectivity index (χ4v) is 3.56. The average Bonchev–Trinajstić information content (AvgIpc) is 2.49. The summed E-state index contributed by atoms with van der Waals surface area (Å²) < 4.78 is 0. The van der Waals surface area contributed by atoms with E-state index in [0.29, 0.717) is 6.04 Å². The molecule has 1 aliphatic rings. The summed E-state index contributed by atoms with van der Waals surface area (Å²) in [6.07, 6.45) is 18.3.